The van der Waals surface area contributed by atoms with E-state index in [1.807, 2.05) is 51.1 Å². The predicted molar refractivity (Wildman–Crippen MR) is 170 cm³/mol. The second-order valence-electron chi connectivity index (χ2n) is 12.1. The fourth-order valence-electron chi connectivity index (χ4n) is 5.62. The van der Waals surface area contributed by atoms with E-state index in [0.717, 1.165) is 12.0 Å². The first kappa shape index (κ1) is 35.8. The topological polar surface area (TPSA) is 171 Å². The lowest BCUT2D eigenvalue weighted by molar-refractivity contribution is -0.149. The Bertz CT molecular complexity index is 1390. The molecule has 2 aromatic rings. The lowest BCUT2D eigenvalue weighted by Gasteiger charge is -2.38. The van der Waals surface area contributed by atoms with Crippen LogP contribution in [0.5, 0.6) is 0 Å². The van der Waals surface area contributed by atoms with E-state index >= 15 is 0 Å². The summed E-state index contributed by atoms with van der Waals surface area (Å²) in [5.41, 5.74) is 0.211. The van der Waals surface area contributed by atoms with Crippen LogP contribution in [0.4, 0.5) is 0 Å². The van der Waals surface area contributed by atoms with Crippen molar-refractivity contribution in [3.05, 3.63) is 60.2 Å². The number of hydrogen-bond acceptors (Lipinski definition) is 8. The fraction of sp³-hybridized carbons (Fsp3) is 0.515. The largest absolute Gasteiger partial charge is 0.343 e. The van der Waals surface area contributed by atoms with Crippen LogP contribution in [-0.2, 0) is 24.0 Å². The van der Waals surface area contributed by atoms with Crippen LogP contribution in [0.15, 0.2) is 48.9 Å². The van der Waals surface area contributed by atoms with Gasteiger partial charge in [-0.05, 0) is 44.1 Å². The molecule has 2 heterocycles. The summed E-state index contributed by atoms with van der Waals surface area (Å²) in [6, 6.07) is 6.99. The molecule has 3 rings (SSSR count). The third kappa shape index (κ3) is 9.41. The molecule has 0 radical (unpaired) electrons. The number of hydrogen-bond donors (Lipinski definition) is 3. The number of aromatic nitrogens is 2. The zero-order valence-electron chi connectivity index (χ0n) is 27.2. The van der Waals surface area contributed by atoms with Gasteiger partial charge in [-0.15, -0.1) is 0 Å². The van der Waals surface area contributed by atoms with Crippen LogP contribution >= 0.6 is 0 Å². The maximum atomic E-state index is 14.1. The molecule has 1 aliphatic heterocycles. The Hall–Kier alpha value is -4.68. The second kappa shape index (κ2) is 16.6. The van der Waals surface area contributed by atoms with Crippen LogP contribution in [0.2, 0.25) is 0 Å². The van der Waals surface area contributed by atoms with Crippen LogP contribution in [0.3, 0.4) is 0 Å². The van der Waals surface area contributed by atoms with E-state index in [9.17, 15) is 28.8 Å². The molecule has 2 unspecified atom stereocenters. The predicted octanol–water partition coefficient (Wildman–Crippen LogP) is 1.80. The van der Waals surface area contributed by atoms with Gasteiger partial charge in [-0.1, -0.05) is 57.5 Å². The summed E-state index contributed by atoms with van der Waals surface area (Å²) in [4.78, 5) is 89.3. The maximum absolute atomic E-state index is 14.1. The van der Waals surface area contributed by atoms with Gasteiger partial charge in [0.2, 0.25) is 23.5 Å². The Kier molecular flexibility index (Phi) is 12.9. The molecule has 3 N–H and O–H groups in total. The third-order valence-corrected chi connectivity index (χ3v) is 8.18. The smallest absolute Gasteiger partial charge is 0.289 e. The first-order valence-electron chi connectivity index (χ1n) is 15.7. The van der Waals surface area contributed by atoms with Crippen LogP contribution < -0.4 is 16.0 Å². The Balaban J connectivity index is 1.69. The second-order valence-corrected chi connectivity index (χ2v) is 12.1. The highest BCUT2D eigenvalue weighted by atomic mass is 16.2. The van der Waals surface area contributed by atoms with Crippen molar-refractivity contribution in [1.29, 1.82) is 0 Å². The molecular weight excluding hydrogens is 590 g/mol. The minimum Gasteiger partial charge on any atom is -0.343 e. The van der Waals surface area contributed by atoms with Crippen molar-refractivity contribution in [2.45, 2.75) is 78.4 Å². The number of likely N-dealkylation sites (tertiary alicyclic amines) is 1. The number of Topliss-reactive ketones (excluding diaryl/α,β-unsaturated/α-hetero) is 1. The average molecular weight is 636 g/mol. The highest BCUT2D eigenvalue weighted by Gasteiger charge is 2.44. The number of amides is 5. The van der Waals surface area contributed by atoms with Gasteiger partial charge in [-0.3, -0.25) is 33.8 Å². The molecule has 5 amide bonds. The molecule has 3 atom stereocenters. The number of ketones is 1. The molecular formula is C33H45N7O6. The number of nitrogens with one attached hydrogen (secondary N) is 3. The Morgan fingerprint density at radius 1 is 1.04 bits per heavy atom. The summed E-state index contributed by atoms with van der Waals surface area (Å²) in [6.45, 7) is 8.85. The molecule has 1 aromatic heterocycles. The van der Waals surface area contributed by atoms with Gasteiger partial charge in [0.15, 0.2) is 0 Å². The molecule has 1 aliphatic rings. The van der Waals surface area contributed by atoms with Gasteiger partial charge in [0.25, 0.3) is 11.8 Å². The number of likely N-dealkylation sites (N-methyl/N-ethyl adjacent to an activating group) is 1. The van der Waals surface area contributed by atoms with Crippen molar-refractivity contribution < 1.29 is 28.8 Å². The standard InChI is InChI=1S/C33H45N7O6/c1-6-15-33(4,5)28(38-27(42)20-36-29(43)24-19-34-16-17-35-24)32(46)40-18-11-14-25(40)31(45)39(7-2)21-26(41)30(44)37-22(3)23-12-9-8-10-13-23/h8-10,12-13,16-17,19,22,25,28H,6-7,11,14-15,18,20-21H2,1-5H3,(H,36,43)(H,37,44)(H,38,42)/t22-,25?,28?/m0/s1. The van der Waals surface area contributed by atoms with Gasteiger partial charge in [-0.25, -0.2) is 4.98 Å². The molecule has 1 fully saturated rings. The summed E-state index contributed by atoms with van der Waals surface area (Å²) in [5.74, 6) is -3.55. The van der Waals surface area contributed by atoms with E-state index in [4.69, 9.17) is 0 Å². The molecule has 0 bridgehead atoms. The minimum atomic E-state index is -0.983. The molecule has 13 nitrogen and oxygen atoms in total. The molecule has 13 heteroatoms. The molecule has 1 saturated heterocycles. The van der Waals surface area contributed by atoms with E-state index in [1.165, 1.54) is 28.4 Å². The number of benzene rings is 1. The van der Waals surface area contributed by atoms with Gasteiger partial charge in [0.05, 0.1) is 25.3 Å². The van der Waals surface area contributed by atoms with Crippen LogP contribution in [0.1, 0.15) is 82.4 Å². The maximum Gasteiger partial charge on any atom is 0.289 e. The number of carbonyl (C=O) groups excluding carboxylic acids is 6. The van der Waals surface area contributed by atoms with Crippen molar-refractivity contribution >= 4 is 35.3 Å². The van der Waals surface area contributed by atoms with Crippen molar-refractivity contribution in [3.8, 4) is 0 Å². The summed E-state index contributed by atoms with van der Waals surface area (Å²) >= 11 is 0. The molecule has 0 aliphatic carbocycles. The molecule has 0 saturated carbocycles. The SMILES string of the molecule is CCCC(C)(C)C(NC(=O)CNC(=O)c1cnccn1)C(=O)N1CCCC1C(=O)N(CC)CC(=O)C(=O)N[C@@H](C)c1ccccc1. The highest BCUT2D eigenvalue weighted by molar-refractivity contribution is 6.37. The van der Waals surface area contributed by atoms with E-state index in [0.29, 0.717) is 25.8 Å². The zero-order valence-corrected chi connectivity index (χ0v) is 27.2. The summed E-state index contributed by atoms with van der Waals surface area (Å²) in [6.07, 6.45) is 6.36. The third-order valence-electron chi connectivity index (χ3n) is 8.18. The monoisotopic (exact) mass is 635 g/mol. The van der Waals surface area contributed by atoms with Crippen LogP contribution in [0.25, 0.3) is 0 Å². The minimum absolute atomic E-state index is 0.0507. The number of nitrogens with zero attached hydrogens (tertiary/aromatic N) is 4. The van der Waals surface area contributed by atoms with Gasteiger partial charge < -0.3 is 25.8 Å². The lowest BCUT2D eigenvalue weighted by atomic mass is 9.79. The Morgan fingerprint density at radius 3 is 2.39 bits per heavy atom. The first-order valence-corrected chi connectivity index (χ1v) is 15.7. The molecule has 46 heavy (non-hydrogen) atoms. The average Bonchev–Trinajstić information content (AvgIpc) is 3.55. The van der Waals surface area contributed by atoms with Gasteiger partial charge in [0.1, 0.15) is 17.8 Å². The molecule has 248 valence electrons. The van der Waals surface area contributed by atoms with Crippen LogP contribution in [0, 0.1) is 5.41 Å². The Labute approximate surface area is 269 Å². The Morgan fingerprint density at radius 2 is 1.76 bits per heavy atom. The first-order chi connectivity index (χ1) is 21.9. The molecule has 0 spiro atoms. The van der Waals surface area contributed by atoms with E-state index in [1.54, 1.807) is 13.8 Å². The van der Waals surface area contributed by atoms with E-state index < -0.39 is 65.4 Å². The normalized spacial score (nSPS) is 15.8. The van der Waals surface area contributed by atoms with Gasteiger partial charge >= 0.3 is 0 Å². The summed E-state index contributed by atoms with van der Waals surface area (Å²) < 4.78 is 0. The van der Waals surface area contributed by atoms with Crippen LogP contribution in [-0.4, -0.2) is 93.3 Å². The quantitative estimate of drug-likeness (QED) is 0.249. The fourth-order valence-corrected chi connectivity index (χ4v) is 5.62. The summed E-state index contributed by atoms with van der Waals surface area (Å²) in [5, 5.41) is 7.97. The summed E-state index contributed by atoms with van der Waals surface area (Å²) in [7, 11) is 0. The van der Waals surface area contributed by atoms with E-state index in [-0.39, 0.29) is 18.8 Å². The van der Waals surface area contributed by atoms with Gasteiger partial charge in [-0.2, -0.15) is 0 Å². The van der Waals surface area contributed by atoms with E-state index in [2.05, 4.69) is 25.9 Å². The van der Waals surface area contributed by atoms with Crippen molar-refractivity contribution in [1.82, 2.24) is 35.7 Å². The van der Waals surface area contributed by atoms with Gasteiger partial charge in [0, 0.05) is 25.5 Å². The number of carbonyl (C=O) groups is 6. The van der Waals surface area contributed by atoms with Crippen molar-refractivity contribution in [2.24, 2.45) is 5.41 Å². The lowest BCUT2D eigenvalue weighted by Crippen LogP contribution is -2.59. The number of rotatable bonds is 15. The highest BCUT2D eigenvalue weighted by Crippen LogP contribution is 2.31. The van der Waals surface area contributed by atoms with Crippen molar-refractivity contribution in [2.75, 3.05) is 26.2 Å². The van der Waals surface area contributed by atoms with Crippen molar-refractivity contribution in [3.63, 3.8) is 0 Å². The zero-order chi connectivity index (χ0) is 33.9. The molecule has 1 aromatic carbocycles.